The summed E-state index contributed by atoms with van der Waals surface area (Å²) in [4.78, 5) is 34.1. The van der Waals surface area contributed by atoms with Gasteiger partial charge in [-0.1, -0.05) is 0 Å². The fraction of sp³-hybridized carbons (Fsp3) is 0.393. The molecule has 39 heavy (non-hydrogen) atoms. The van der Waals surface area contributed by atoms with Crippen molar-refractivity contribution in [3.8, 4) is 11.3 Å². The minimum Gasteiger partial charge on any atom is -0.326 e. The number of rotatable bonds is 5. The minimum atomic E-state index is -0.676. The molecule has 0 bridgehead atoms. The van der Waals surface area contributed by atoms with Crippen LogP contribution in [-0.4, -0.2) is 61.5 Å². The zero-order valence-corrected chi connectivity index (χ0v) is 23.0. The monoisotopic (exact) mass is 534 g/mol. The number of nitrogens with zero attached hydrogens (tertiary/aromatic N) is 7. The van der Waals surface area contributed by atoms with Crippen molar-refractivity contribution in [3.05, 3.63) is 53.6 Å². The van der Waals surface area contributed by atoms with Gasteiger partial charge in [-0.05, 0) is 65.9 Å². The first-order valence-corrected chi connectivity index (χ1v) is 13.0. The molecule has 1 N–H and O–H groups in total. The number of anilines is 3. The van der Waals surface area contributed by atoms with E-state index in [0.717, 1.165) is 18.4 Å². The molecule has 1 aromatic carbocycles. The number of halogens is 2. The van der Waals surface area contributed by atoms with E-state index in [1.165, 1.54) is 6.07 Å². The van der Waals surface area contributed by atoms with E-state index in [2.05, 4.69) is 30.2 Å². The van der Waals surface area contributed by atoms with Gasteiger partial charge < -0.3 is 19.7 Å². The van der Waals surface area contributed by atoms with E-state index in [9.17, 15) is 9.18 Å². The van der Waals surface area contributed by atoms with E-state index in [1.54, 1.807) is 17.0 Å². The van der Waals surface area contributed by atoms with Crippen molar-refractivity contribution in [3.63, 3.8) is 0 Å². The molecule has 4 heterocycles. The van der Waals surface area contributed by atoms with Gasteiger partial charge in [-0.25, -0.2) is 28.7 Å². The van der Waals surface area contributed by atoms with Crippen LogP contribution in [0.3, 0.4) is 0 Å². The second kappa shape index (κ2) is 10.3. The number of hydrogen-bond acceptors (Lipinski definition) is 7. The molecule has 3 aromatic heterocycles. The maximum atomic E-state index is 15.0. The molecule has 9 nitrogen and oxygen atoms in total. The van der Waals surface area contributed by atoms with Crippen LogP contribution in [0.4, 0.5) is 26.2 Å². The molecule has 0 spiro atoms. The Kier molecular flexibility index (Phi) is 7.02. The molecular weight excluding hydrogens is 502 g/mol. The summed E-state index contributed by atoms with van der Waals surface area (Å²) in [6.07, 6.45) is 1.48. The molecular formula is C28H32F2N8O. The molecule has 204 valence electrons. The van der Waals surface area contributed by atoms with E-state index in [0.29, 0.717) is 35.8 Å². The molecule has 1 saturated heterocycles. The smallest absolute Gasteiger partial charge is 0.229 e. The van der Waals surface area contributed by atoms with E-state index < -0.39 is 11.6 Å². The van der Waals surface area contributed by atoms with Crippen molar-refractivity contribution in [1.29, 1.82) is 0 Å². The zero-order chi connectivity index (χ0) is 28.0. The third-order valence-electron chi connectivity index (χ3n) is 7.25. The summed E-state index contributed by atoms with van der Waals surface area (Å²) in [5.74, 6) is 0.0641. The fourth-order valence-corrected chi connectivity index (χ4v) is 5.09. The van der Waals surface area contributed by atoms with Gasteiger partial charge in [0.2, 0.25) is 11.9 Å². The van der Waals surface area contributed by atoms with Gasteiger partial charge >= 0.3 is 0 Å². The third kappa shape index (κ3) is 5.06. The number of imidazole rings is 1. The van der Waals surface area contributed by atoms with Gasteiger partial charge in [0.05, 0.1) is 23.1 Å². The van der Waals surface area contributed by atoms with Crippen LogP contribution in [-0.2, 0) is 4.79 Å². The summed E-state index contributed by atoms with van der Waals surface area (Å²) >= 11 is 0. The first kappa shape index (κ1) is 26.6. The van der Waals surface area contributed by atoms with Crippen LogP contribution < -0.4 is 10.2 Å². The predicted molar refractivity (Wildman–Crippen MR) is 147 cm³/mol. The Hall–Kier alpha value is -3.99. The number of carbonyl (C=O) groups excluding carboxylic acids is 1. The third-order valence-corrected chi connectivity index (χ3v) is 7.25. The highest BCUT2D eigenvalue weighted by Crippen LogP contribution is 2.31. The van der Waals surface area contributed by atoms with Crippen LogP contribution in [0.15, 0.2) is 30.5 Å². The standard InChI is InChI=1S/C28H32F2N8O/c1-15(2)38-18(5)33-27-20(29)12-19(13-23(27)38)26-21(30)14-31-28(35-26)34-24-8-7-22(17(4)32-24)37-10-9-36(6)16(3)11-25(37)39/h7-8,12-16H,9-11H2,1-6H3,(H,31,32,34,35). The van der Waals surface area contributed by atoms with Crippen molar-refractivity contribution < 1.29 is 13.6 Å². The van der Waals surface area contributed by atoms with Crippen molar-refractivity contribution in [2.45, 2.75) is 53.1 Å². The Labute approximate surface area is 225 Å². The quantitative estimate of drug-likeness (QED) is 0.378. The maximum absolute atomic E-state index is 15.0. The highest BCUT2D eigenvalue weighted by atomic mass is 19.1. The van der Waals surface area contributed by atoms with Crippen LogP contribution in [0, 0.1) is 25.5 Å². The normalized spacial score (nSPS) is 16.8. The Morgan fingerprint density at radius 3 is 2.54 bits per heavy atom. The molecule has 5 rings (SSSR count). The molecule has 11 heteroatoms. The summed E-state index contributed by atoms with van der Waals surface area (Å²) in [5.41, 5.74) is 2.46. The number of benzene rings is 1. The van der Waals surface area contributed by atoms with Crippen LogP contribution in [0.2, 0.25) is 0 Å². The Morgan fingerprint density at radius 1 is 1.05 bits per heavy atom. The molecule has 0 aliphatic carbocycles. The van der Waals surface area contributed by atoms with E-state index >= 15 is 4.39 Å². The Morgan fingerprint density at radius 2 is 1.82 bits per heavy atom. The van der Waals surface area contributed by atoms with E-state index in [4.69, 9.17) is 0 Å². The number of fused-ring (bicyclic) bond motifs is 1. The lowest BCUT2D eigenvalue weighted by molar-refractivity contribution is -0.118. The topological polar surface area (TPSA) is 92.1 Å². The van der Waals surface area contributed by atoms with Crippen molar-refractivity contribution in [2.24, 2.45) is 0 Å². The second-order valence-electron chi connectivity index (χ2n) is 10.3. The number of amides is 1. The lowest BCUT2D eigenvalue weighted by Gasteiger charge is -2.22. The summed E-state index contributed by atoms with van der Waals surface area (Å²) in [7, 11) is 2.02. The summed E-state index contributed by atoms with van der Waals surface area (Å²) < 4.78 is 31.8. The minimum absolute atomic E-state index is 0.0378. The summed E-state index contributed by atoms with van der Waals surface area (Å²) in [6.45, 7) is 11.0. The second-order valence-corrected chi connectivity index (χ2v) is 10.3. The average Bonchev–Trinajstić information content (AvgIpc) is 3.16. The molecule has 0 saturated carbocycles. The number of carbonyl (C=O) groups is 1. The molecule has 1 unspecified atom stereocenters. The lowest BCUT2D eigenvalue weighted by Crippen LogP contribution is -2.33. The van der Waals surface area contributed by atoms with Crippen LogP contribution in [0.1, 0.15) is 44.8 Å². The number of aromatic nitrogens is 5. The summed E-state index contributed by atoms with van der Waals surface area (Å²) in [6, 6.07) is 6.72. The number of nitrogens with one attached hydrogen (secondary N) is 1. The van der Waals surface area contributed by atoms with Crippen LogP contribution in [0.5, 0.6) is 0 Å². The van der Waals surface area contributed by atoms with Gasteiger partial charge in [0.15, 0.2) is 11.6 Å². The largest absolute Gasteiger partial charge is 0.326 e. The van der Waals surface area contributed by atoms with Gasteiger partial charge in [-0.3, -0.25) is 4.79 Å². The maximum Gasteiger partial charge on any atom is 0.229 e. The molecule has 1 aliphatic rings. The fourth-order valence-electron chi connectivity index (χ4n) is 5.09. The number of aryl methyl sites for hydroxylation is 2. The van der Waals surface area contributed by atoms with Gasteiger partial charge in [-0.15, -0.1) is 0 Å². The van der Waals surface area contributed by atoms with Crippen LogP contribution in [0.25, 0.3) is 22.3 Å². The molecule has 1 atom stereocenters. The lowest BCUT2D eigenvalue weighted by atomic mass is 10.1. The highest BCUT2D eigenvalue weighted by Gasteiger charge is 2.26. The molecule has 1 fully saturated rings. The molecule has 0 radical (unpaired) electrons. The number of hydrogen-bond donors (Lipinski definition) is 1. The van der Waals surface area contributed by atoms with E-state index in [-0.39, 0.29) is 40.7 Å². The van der Waals surface area contributed by atoms with Gasteiger partial charge in [0.25, 0.3) is 0 Å². The Balaban J connectivity index is 1.44. The first-order valence-electron chi connectivity index (χ1n) is 13.0. The van der Waals surface area contributed by atoms with Gasteiger partial charge in [0, 0.05) is 37.2 Å². The number of pyridine rings is 1. The molecule has 1 aliphatic heterocycles. The first-order chi connectivity index (χ1) is 18.5. The van der Waals surface area contributed by atoms with Crippen LogP contribution >= 0.6 is 0 Å². The predicted octanol–water partition coefficient (Wildman–Crippen LogP) is 5.16. The van der Waals surface area contributed by atoms with Crippen molar-refractivity contribution >= 4 is 34.4 Å². The Bertz CT molecular complexity index is 1570. The zero-order valence-electron chi connectivity index (χ0n) is 23.0. The van der Waals surface area contributed by atoms with Gasteiger partial charge in [-0.2, -0.15) is 0 Å². The summed E-state index contributed by atoms with van der Waals surface area (Å²) in [5, 5.41) is 3.01. The molecule has 1 amide bonds. The van der Waals surface area contributed by atoms with Crippen molar-refractivity contribution in [2.75, 3.05) is 30.4 Å². The SMILES string of the molecule is Cc1nc(Nc2ncc(F)c(-c3cc(F)c4nc(C)n(C(C)C)c4c3)n2)ccc1N1CCN(C)C(C)CC1=O. The number of likely N-dealkylation sites (N-methyl/N-ethyl adjacent to an activating group) is 1. The van der Waals surface area contributed by atoms with Gasteiger partial charge in [0.1, 0.15) is 22.9 Å². The highest BCUT2D eigenvalue weighted by molar-refractivity contribution is 5.94. The average molecular weight is 535 g/mol. The van der Waals surface area contributed by atoms with E-state index in [1.807, 2.05) is 52.3 Å². The molecule has 4 aromatic rings. The van der Waals surface area contributed by atoms with Crippen molar-refractivity contribution in [1.82, 2.24) is 29.4 Å².